The van der Waals surface area contributed by atoms with E-state index in [1.54, 1.807) is 6.08 Å². The Morgan fingerprint density at radius 2 is 2.00 bits per heavy atom. The SMILES string of the molecule is C/C(=C\C(O)CO)C1CCCCC1. The molecule has 1 aliphatic carbocycles. The van der Waals surface area contributed by atoms with Crippen LogP contribution in [0.1, 0.15) is 39.0 Å². The molecule has 13 heavy (non-hydrogen) atoms. The van der Waals surface area contributed by atoms with Crippen molar-refractivity contribution in [3.8, 4) is 0 Å². The van der Waals surface area contributed by atoms with Crippen molar-refractivity contribution in [2.75, 3.05) is 6.61 Å². The molecule has 0 bridgehead atoms. The molecule has 1 aliphatic rings. The highest BCUT2D eigenvalue weighted by Gasteiger charge is 2.15. The standard InChI is InChI=1S/C11H20O2/c1-9(7-11(13)8-12)10-5-3-2-4-6-10/h7,10-13H,2-6,8H2,1H3/b9-7+. The van der Waals surface area contributed by atoms with Gasteiger partial charge in [-0.3, -0.25) is 0 Å². The maximum Gasteiger partial charge on any atom is 0.0954 e. The molecule has 2 heteroatoms. The maximum absolute atomic E-state index is 9.23. The summed E-state index contributed by atoms with van der Waals surface area (Å²) in [5.74, 6) is 0.648. The van der Waals surface area contributed by atoms with Crippen LogP contribution in [0.2, 0.25) is 0 Å². The monoisotopic (exact) mass is 184 g/mol. The summed E-state index contributed by atoms with van der Waals surface area (Å²) in [5.41, 5.74) is 1.25. The highest BCUT2D eigenvalue weighted by molar-refractivity contribution is 5.07. The van der Waals surface area contributed by atoms with Crippen LogP contribution in [0.5, 0.6) is 0 Å². The van der Waals surface area contributed by atoms with Gasteiger partial charge in [0.05, 0.1) is 12.7 Å². The second-order valence-corrected chi connectivity index (χ2v) is 4.00. The van der Waals surface area contributed by atoms with Gasteiger partial charge < -0.3 is 10.2 Å². The lowest BCUT2D eigenvalue weighted by Gasteiger charge is -2.22. The third-order valence-corrected chi connectivity index (χ3v) is 2.89. The Hall–Kier alpha value is -0.340. The van der Waals surface area contributed by atoms with E-state index in [0.29, 0.717) is 5.92 Å². The van der Waals surface area contributed by atoms with E-state index in [-0.39, 0.29) is 6.61 Å². The van der Waals surface area contributed by atoms with Gasteiger partial charge >= 0.3 is 0 Å². The molecule has 0 aromatic rings. The number of rotatable bonds is 3. The molecule has 0 aromatic carbocycles. The van der Waals surface area contributed by atoms with Crippen molar-refractivity contribution in [2.24, 2.45) is 5.92 Å². The van der Waals surface area contributed by atoms with Gasteiger partial charge in [-0.25, -0.2) is 0 Å². The topological polar surface area (TPSA) is 40.5 Å². The van der Waals surface area contributed by atoms with E-state index in [9.17, 15) is 5.11 Å². The van der Waals surface area contributed by atoms with Crippen molar-refractivity contribution in [3.05, 3.63) is 11.6 Å². The summed E-state index contributed by atoms with van der Waals surface area (Å²) in [6.45, 7) is 1.90. The van der Waals surface area contributed by atoms with E-state index in [4.69, 9.17) is 5.11 Å². The van der Waals surface area contributed by atoms with Crippen molar-refractivity contribution in [1.82, 2.24) is 0 Å². The zero-order valence-electron chi connectivity index (χ0n) is 8.37. The predicted molar refractivity (Wildman–Crippen MR) is 53.4 cm³/mol. The number of aliphatic hydroxyl groups excluding tert-OH is 2. The molecule has 0 saturated heterocycles. The largest absolute Gasteiger partial charge is 0.393 e. The molecule has 1 unspecified atom stereocenters. The number of aliphatic hydroxyl groups is 2. The molecule has 76 valence electrons. The van der Waals surface area contributed by atoms with Gasteiger partial charge in [0, 0.05) is 0 Å². The Morgan fingerprint density at radius 3 is 2.54 bits per heavy atom. The quantitative estimate of drug-likeness (QED) is 0.657. The molecular formula is C11H20O2. The molecule has 0 radical (unpaired) electrons. The first-order valence-electron chi connectivity index (χ1n) is 5.21. The summed E-state index contributed by atoms with van der Waals surface area (Å²) in [6.07, 6.45) is 7.61. The van der Waals surface area contributed by atoms with Crippen LogP contribution in [0.15, 0.2) is 11.6 Å². The van der Waals surface area contributed by atoms with Crippen LogP contribution in [0.25, 0.3) is 0 Å². The number of hydrogen-bond acceptors (Lipinski definition) is 2. The van der Waals surface area contributed by atoms with Crippen LogP contribution >= 0.6 is 0 Å². The second-order valence-electron chi connectivity index (χ2n) is 4.00. The highest BCUT2D eigenvalue weighted by atomic mass is 16.3. The normalized spacial score (nSPS) is 23.2. The molecule has 0 aliphatic heterocycles. The smallest absolute Gasteiger partial charge is 0.0954 e. The van der Waals surface area contributed by atoms with Gasteiger partial charge in [0.15, 0.2) is 0 Å². The fraction of sp³-hybridized carbons (Fsp3) is 0.818. The van der Waals surface area contributed by atoms with Crippen molar-refractivity contribution >= 4 is 0 Å². The van der Waals surface area contributed by atoms with Gasteiger partial charge in [-0.15, -0.1) is 0 Å². The van der Waals surface area contributed by atoms with Crippen LogP contribution in [-0.2, 0) is 0 Å². The molecule has 0 amide bonds. The van der Waals surface area contributed by atoms with E-state index in [2.05, 4.69) is 6.92 Å². The van der Waals surface area contributed by atoms with E-state index in [0.717, 1.165) is 0 Å². The minimum absolute atomic E-state index is 0.163. The zero-order chi connectivity index (χ0) is 9.68. The first-order chi connectivity index (χ1) is 6.24. The van der Waals surface area contributed by atoms with Crippen LogP contribution in [0.3, 0.4) is 0 Å². The van der Waals surface area contributed by atoms with Crippen LogP contribution in [-0.4, -0.2) is 22.9 Å². The Balaban J connectivity index is 2.44. The molecule has 0 heterocycles. The summed E-state index contributed by atoms with van der Waals surface area (Å²) in [6, 6.07) is 0. The summed E-state index contributed by atoms with van der Waals surface area (Å²) in [5, 5.41) is 17.9. The maximum atomic E-state index is 9.23. The molecular weight excluding hydrogens is 164 g/mol. The fourth-order valence-electron chi connectivity index (χ4n) is 2.05. The van der Waals surface area contributed by atoms with Gasteiger partial charge in [-0.2, -0.15) is 0 Å². The van der Waals surface area contributed by atoms with E-state index in [1.165, 1.54) is 37.7 Å². The molecule has 1 fully saturated rings. The molecule has 1 atom stereocenters. The molecule has 0 aromatic heterocycles. The minimum Gasteiger partial charge on any atom is -0.393 e. The first kappa shape index (κ1) is 10.7. The summed E-state index contributed by atoms with van der Waals surface area (Å²) in [7, 11) is 0. The van der Waals surface area contributed by atoms with E-state index >= 15 is 0 Å². The average Bonchev–Trinajstić information content (AvgIpc) is 2.19. The van der Waals surface area contributed by atoms with Crippen molar-refractivity contribution in [3.63, 3.8) is 0 Å². The van der Waals surface area contributed by atoms with Crippen molar-refractivity contribution in [2.45, 2.75) is 45.1 Å². The summed E-state index contributed by atoms with van der Waals surface area (Å²) in [4.78, 5) is 0. The van der Waals surface area contributed by atoms with Crippen LogP contribution < -0.4 is 0 Å². The van der Waals surface area contributed by atoms with E-state index < -0.39 is 6.10 Å². The number of allylic oxidation sites excluding steroid dienone is 1. The predicted octanol–water partition coefficient (Wildman–Crippen LogP) is 1.87. The van der Waals surface area contributed by atoms with Gasteiger partial charge in [0.1, 0.15) is 0 Å². The van der Waals surface area contributed by atoms with Gasteiger partial charge in [-0.05, 0) is 25.7 Å². The first-order valence-corrected chi connectivity index (χ1v) is 5.21. The lowest BCUT2D eigenvalue weighted by molar-refractivity contribution is 0.130. The Labute approximate surface area is 80.3 Å². The molecule has 1 rings (SSSR count). The van der Waals surface area contributed by atoms with Crippen molar-refractivity contribution < 1.29 is 10.2 Å². The third-order valence-electron chi connectivity index (χ3n) is 2.89. The summed E-state index contributed by atoms with van der Waals surface area (Å²) >= 11 is 0. The van der Waals surface area contributed by atoms with Crippen molar-refractivity contribution in [1.29, 1.82) is 0 Å². The molecule has 2 N–H and O–H groups in total. The minimum atomic E-state index is -0.665. The fourth-order valence-corrected chi connectivity index (χ4v) is 2.05. The Morgan fingerprint density at radius 1 is 1.38 bits per heavy atom. The summed E-state index contributed by atoms with van der Waals surface area (Å²) < 4.78 is 0. The number of hydrogen-bond donors (Lipinski definition) is 2. The molecule has 1 saturated carbocycles. The van der Waals surface area contributed by atoms with E-state index in [1.807, 2.05) is 0 Å². The van der Waals surface area contributed by atoms with Gasteiger partial charge in [-0.1, -0.05) is 30.9 Å². The molecule has 0 spiro atoms. The third kappa shape index (κ3) is 3.49. The van der Waals surface area contributed by atoms with Crippen LogP contribution in [0, 0.1) is 5.92 Å². The highest BCUT2D eigenvalue weighted by Crippen LogP contribution is 2.29. The lowest BCUT2D eigenvalue weighted by atomic mass is 9.84. The Kier molecular flexibility index (Phi) is 4.46. The molecule has 2 nitrogen and oxygen atoms in total. The lowest BCUT2D eigenvalue weighted by Crippen LogP contribution is -2.13. The zero-order valence-corrected chi connectivity index (χ0v) is 8.37. The second kappa shape index (κ2) is 5.40. The van der Waals surface area contributed by atoms with Gasteiger partial charge in [0.25, 0.3) is 0 Å². The Bertz CT molecular complexity index is 169. The van der Waals surface area contributed by atoms with Gasteiger partial charge in [0.2, 0.25) is 0 Å². The van der Waals surface area contributed by atoms with Crippen LogP contribution in [0.4, 0.5) is 0 Å². The average molecular weight is 184 g/mol.